The molecule has 2 nitrogen and oxygen atoms in total. The van der Waals surface area contributed by atoms with Crippen LogP contribution in [0.1, 0.15) is 207 Å². The molecule has 1 aromatic rings. The zero-order valence-corrected chi connectivity index (χ0v) is 26.3. The van der Waals surface area contributed by atoms with Crippen LogP contribution in [0.5, 0.6) is 0 Å². The molecule has 0 aliphatic heterocycles. The number of nitrogens with one attached hydrogen (secondary N) is 1. The second kappa shape index (κ2) is 24.3. The summed E-state index contributed by atoms with van der Waals surface area (Å²) in [5.74, 6) is 2.84. The third kappa shape index (κ3) is 17.4. The zero-order chi connectivity index (χ0) is 27.0. The van der Waals surface area contributed by atoms with E-state index in [9.17, 15) is 0 Å². The van der Waals surface area contributed by atoms with Crippen LogP contribution in [-0.2, 0) is 0 Å². The van der Waals surface area contributed by atoms with Crippen LogP contribution in [0.4, 0.5) is 0 Å². The number of aromatic nitrogens is 2. The van der Waals surface area contributed by atoms with Gasteiger partial charge < -0.3 is 0 Å². The molecule has 1 rings (SSSR count). The number of hydrogen-bond donors (Lipinski definition) is 1. The van der Waals surface area contributed by atoms with Crippen molar-refractivity contribution in [2.45, 2.75) is 201 Å². The van der Waals surface area contributed by atoms with Gasteiger partial charge in [-0.2, -0.15) is 0 Å². The summed E-state index contributed by atoms with van der Waals surface area (Å²) >= 11 is 0. The zero-order valence-electron chi connectivity index (χ0n) is 26.3. The average molecular weight is 518 g/mol. The number of rotatable bonds is 27. The van der Waals surface area contributed by atoms with Crippen molar-refractivity contribution >= 4 is 0 Å². The summed E-state index contributed by atoms with van der Waals surface area (Å²) in [4.78, 5) is 3.66. The summed E-state index contributed by atoms with van der Waals surface area (Å²) in [5, 5.41) is 0. The van der Waals surface area contributed by atoms with Gasteiger partial charge in [0.2, 0.25) is 0 Å². The van der Waals surface area contributed by atoms with Gasteiger partial charge in [-0.15, -0.1) is 0 Å². The number of H-pyrrole nitrogens is 1. The standard InChI is InChI=1S/C35H68N2/c1-6-8-10-12-14-16-18-19-20-22-24-26-28-33(5)37-31-30-36-35(37)34(32(3)4)29-27-25-23-21-17-15-13-11-9-7-2/h30-34H,6-29H2,1-5H3/p+1. The minimum atomic E-state index is 0.610. The van der Waals surface area contributed by atoms with Gasteiger partial charge in [0.05, 0.1) is 12.0 Å². The van der Waals surface area contributed by atoms with Crippen molar-refractivity contribution in [2.75, 3.05) is 0 Å². The lowest BCUT2D eigenvalue weighted by atomic mass is 9.89. The molecular weight excluding hydrogens is 448 g/mol. The second-order valence-electron chi connectivity index (χ2n) is 12.6. The molecule has 2 unspecified atom stereocenters. The van der Waals surface area contributed by atoms with Crippen molar-refractivity contribution in [2.24, 2.45) is 5.92 Å². The Hall–Kier alpha value is -0.790. The van der Waals surface area contributed by atoms with E-state index in [1.54, 1.807) is 0 Å². The van der Waals surface area contributed by atoms with Crippen molar-refractivity contribution in [1.82, 2.24) is 4.98 Å². The van der Waals surface area contributed by atoms with E-state index >= 15 is 0 Å². The fraction of sp³-hybridized carbons (Fsp3) is 0.914. The SMILES string of the molecule is CCCCCCCCCCCCCCC(C)[n+]1cc[nH]c1C(CCCCCCCCCCCC)C(C)C. The van der Waals surface area contributed by atoms with Gasteiger partial charge >= 0.3 is 0 Å². The quantitative estimate of drug-likeness (QED) is 0.0884. The van der Waals surface area contributed by atoms with Crippen LogP contribution in [0.15, 0.2) is 12.4 Å². The third-order valence-corrected chi connectivity index (χ3v) is 8.72. The first-order valence-electron chi connectivity index (χ1n) is 17.2. The molecule has 0 saturated heterocycles. The molecule has 0 spiro atoms. The average Bonchev–Trinajstić information content (AvgIpc) is 3.37. The Morgan fingerprint density at radius 2 is 0.919 bits per heavy atom. The Balaban J connectivity index is 2.21. The number of imidazole rings is 1. The molecule has 2 atom stereocenters. The van der Waals surface area contributed by atoms with E-state index < -0.39 is 0 Å². The van der Waals surface area contributed by atoms with Crippen molar-refractivity contribution in [3.05, 3.63) is 18.2 Å². The van der Waals surface area contributed by atoms with Crippen LogP contribution in [0.2, 0.25) is 0 Å². The van der Waals surface area contributed by atoms with Gasteiger partial charge in [-0.25, -0.2) is 9.55 Å². The predicted molar refractivity (Wildman–Crippen MR) is 165 cm³/mol. The molecule has 0 radical (unpaired) electrons. The topological polar surface area (TPSA) is 19.7 Å². The highest BCUT2D eigenvalue weighted by atomic mass is 15.1. The first-order chi connectivity index (χ1) is 18.1. The highest BCUT2D eigenvalue weighted by molar-refractivity contribution is 4.92. The molecule has 1 aromatic heterocycles. The monoisotopic (exact) mass is 518 g/mol. The molecule has 0 bridgehead atoms. The van der Waals surface area contributed by atoms with Crippen LogP contribution in [0, 0.1) is 5.92 Å². The van der Waals surface area contributed by atoms with Gasteiger partial charge in [-0.3, -0.25) is 0 Å². The largest absolute Gasteiger partial charge is 0.257 e. The fourth-order valence-electron chi connectivity index (χ4n) is 6.10. The van der Waals surface area contributed by atoms with Crippen molar-refractivity contribution < 1.29 is 4.57 Å². The summed E-state index contributed by atoms with van der Waals surface area (Å²) < 4.78 is 2.58. The molecule has 0 aliphatic carbocycles. The van der Waals surface area contributed by atoms with E-state index in [1.165, 1.54) is 160 Å². The maximum Gasteiger partial charge on any atom is 0.257 e. The normalized spacial score (nSPS) is 13.5. The molecule has 0 amide bonds. The highest BCUT2D eigenvalue weighted by Gasteiger charge is 2.27. The Bertz CT molecular complexity index is 590. The van der Waals surface area contributed by atoms with Crippen LogP contribution < -0.4 is 4.57 Å². The third-order valence-electron chi connectivity index (χ3n) is 8.72. The lowest BCUT2D eigenvalue weighted by Gasteiger charge is -2.20. The number of hydrogen-bond acceptors (Lipinski definition) is 0. The molecule has 1 N–H and O–H groups in total. The van der Waals surface area contributed by atoms with Crippen LogP contribution >= 0.6 is 0 Å². The fourth-order valence-corrected chi connectivity index (χ4v) is 6.10. The molecule has 0 aliphatic rings. The Labute approximate surface area is 234 Å². The van der Waals surface area contributed by atoms with Crippen molar-refractivity contribution in [3.8, 4) is 0 Å². The molecule has 1 heterocycles. The molecule has 218 valence electrons. The van der Waals surface area contributed by atoms with Crippen molar-refractivity contribution in [3.63, 3.8) is 0 Å². The summed E-state index contributed by atoms with van der Waals surface area (Å²) in [5.41, 5.74) is 0. The van der Waals surface area contributed by atoms with Crippen molar-refractivity contribution in [1.29, 1.82) is 0 Å². The van der Waals surface area contributed by atoms with Gasteiger partial charge in [-0.05, 0) is 32.1 Å². The minimum absolute atomic E-state index is 0.610. The van der Waals surface area contributed by atoms with Crippen LogP contribution in [-0.4, -0.2) is 4.98 Å². The molecular formula is C35H69N2+. The smallest absolute Gasteiger partial charge is 0.247 e. The highest BCUT2D eigenvalue weighted by Crippen LogP contribution is 2.28. The van der Waals surface area contributed by atoms with E-state index in [0.29, 0.717) is 17.9 Å². The predicted octanol–water partition coefficient (Wildman–Crippen LogP) is 12.0. The molecule has 37 heavy (non-hydrogen) atoms. The number of aromatic amines is 1. The Morgan fingerprint density at radius 1 is 0.541 bits per heavy atom. The molecule has 0 aromatic carbocycles. The van der Waals surface area contributed by atoms with E-state index in [2.05, 4.69) is 56.6 Å². The first kappa shape index (κ1) is 34.2. The number of nitrogens with zero attached hydrogens (tertiary/aromatic N) is 1. The maximum atomic E-state index is 3.66. The van der Waals surface area contributed by atoms with Gasteiger partial charge in [-0.1, -0.05) is 163 Å². The van der Waals surface area contributed by atoms with E-state index in [4.69, 9.17) is 0 Å². The molecule has 0 fully saturated rings. The summed E-state index contributed by atoms with van der Waals surface area (Å²) in [6, 6.07) is 0.610. The lowest BCUT2D eigenvalue weighted by molar-refractivity contribution is -0.727. The number of unbranched alkanes of at least 4 members (excludes halogenated alkanes) is 20. The Kier molecular flexibility index (Phi) is 22.5. The van der Waals surface area contributed by atoms with Gasteiger partial charge in [0, 0.05) is 0 Å². The maximum absolute atomic E-state index is 3.66. The van der Waals surface area contributed by atoms with Gasteiger partial charge in [0.25, 0.3) is 5.82 Å². The van der Waals surface area contributed by atoms with E-state index in [1.807, 2.05) is 0 Å². The van der Waals surface area contributed by atoms with Gasteiger partial charge in [0.15, 0.2) is 0 Å². The van der Waals surface area contributed by atoms with Gasteiger partial charge in [0.1, 0.15) is 12.4 Å². The van der Waals surface area contributed by atoms with Crippen LogP contribution in [0.3, 0.4) is 0 Å². The van der Waals surface area contributed by atoms with Crippen LogP contribution in [0.25, 0.3) is 0 Å². The first-order valence-corrected chi connectivity index (χ1v) is 17.2. The lowest BCUT2D eigenvalue weighted by Crippen LogP contribution is -2.41. The summed E-state index contributed by atoms with van der Waals surface area (Å²) in [6.45, 7) is 11.9. The van der Waals surface area contributed by atoms with E-state index in [0.717, 1.165) is 0 Å². The van der Waals surface area contributed by atoms with E-state index in [-0.39, 0.29) is 0 Å². The Morgan fingerprint density at radius 3 is 1.32 bits per heavy atom. The summed E-state index contributed by atoms with van der Waals surface area (Å²) in [6.07, 6.45) is 38.6. The summed E-state index contributed by atoms with van der Waals surface area (Å²) in [7, 11) is 0. The molecule has 2 heteroatoms. The minimum Gasteiger partial charge on any atom is -0.247 e. The second-order valence-corrected chi connectivity index (χ2v) is 12.6. The molecule has 0 saturated carbocycles.